The molecule has 0 aliphatic rings. The van der Waals surface area contributed by atoms with Crippen LogP contribution in [0.4, 0.5) is 0 Å². The van der Waals surface area contributed by atoms with E-state index in [0.29, 0.717) is 13.2 Å². The smallest absolute Gasteiger partial charge is 0.260 e. The third-order valence-electron chi connectivity index (χ3n) is 3.92. The Morgan fingerprint density at radius 1 is 1.08 bits per heavy atom. The molecule has 1 N–H and O–H groups in total. The van der Waals surface area contributed by atoms with Crippen LogP contribution in [0.25, 0.3) is 0 Å². The molecule has 24 heavy (non-hydrogen) atoms. The van der Waals surface area contributed by atoms with E-state index in [0.717, 1.165) is 22.6 Å². The highest BCUT2D eigenvalue weighted by molar-refractivity contribution is 5.80. The van der Waals surface area contributed by atoms with Gasteiger partial charge >= 0.3 is 0 Å². The van der Waals surface area contributed by atoms with Crippen molar-refractivity contribution in [2.75, 3.05) is 13.2 Å². The highest BCUT2D eigenvalue weighted by Gasteiger charge is 2.15. The summed E-state index contributed by atoms with van der Waals surface area (Å²) in [5.74, 6) is 1.39. The number of amides is 1. The van der Waals surface area contributed by atoms with Gasteiger partial charge in [0.15, 0.2) is 6.10 Å². The summed E-state index contributed by atoms with van der Waals surface area (Å²) in [5, 5.41) is 2.83. The third kappa shape index (κ3) is 5.01. The number of rotatable bonds is 7. The number of ether oxygens (including phenoxy) is 2. The average molecular weight is 327 g/mol. The van der Waals surface area contributed by atoms with Gasteiger partial charge in [-0.25, -0.2) is 0 Å². The van der Waals surface area contributed by atoms with Gasteiger partial charge in [0.25, 0.3) is 5.91 Å². The van der Waals surface area contributed by atoms with E-state index >= 15 is 0 Å². The Labute approximate surface area is 143 Å². The van der Waals surface area contributed by atoms with Crippen molar-refractivity contribution < 1.29 is 14.3 Å². The summed E-state index contributed by atoms with van der Waals surface area (Å²) in [7, 11) is 0. The van der Waals surface area contributed by atoms with Crippen LogP contribution in [0.1, 0.15) is 23.6 Å². The Hall–Kier alpha value is -2.49. The fourth-order valence-corrected chi connectivity index (χ4v) is 2.22. The van der Waals surface area contributed by atoms with Gasteiger partial charge < -0.3 is 14.8 Å². The SMILES string of the molecule is Cc1ccc(OCCNC(=O)[C@H](C)Oc2cccc(C)c2C)cc1. The van der Waals surface area contributed by atoms with Crippen molar-refractivity contribution in [2.24, 2.45) is 0 Å². The maximum Gasteiger partial charge on any atom is 0.260 e. The summed E-state index contributed by atoms with van der Waals surface area (Å²) in [6.07, 6.45) is -0.551. The van der Waals surface area contributed by atoms with Gasteiger partial charge in [-0.3, -0.25) is 4.79 Å². The molecule has 0 heterocycles. The zero-order valence-corrected chi connectivity index (χ0v) is 14.8. The van der Waals surface area contributed by atoms with Crippen molar-refractivity contribution >= 4 is 5.91 Å². The van der Waals surface area contributed by atoms with Gasteiger partial charge in [0.2, 0.25) is 0 Å². The van der Waals surface area contributed by atoms with Crippen LogP contribution in [0.15, 0.2) is 42.5 Å². The quantitative estimate of drug-likeness (QED) is 0.791. The number of carbonyl (C=O) groups excluding carboxylic acids is 1. The van der Waals surface area contributed by atoms with E-state index in [4.69, 9.17) is 9.47 Å². The summed E-state index contributed by atoms with van der Waals surface area (Å²) in [5.41, 5.74) is 3.39. The van der Waals surface area contributed by atoms with Gasteiger partial charge in [0.05, 0.1) is 6.54 Å². The van der Waals surface area contributed by atoms with Crippen molar-refractivity contribution in [1.29, 1.82) is 0 Å². The van der Waals surface area contributed by atoms with Crippen molar-refractivity contribution in [3.05, 3.63) is 59.2 Å². The fourth-order valence-electron chi connectivity index (χ4n) is 2.22. The average Bonchev–Trinajstić information content (AvgIpc) is 2.57. The second-order valence-corrected chi connectivity index (χ2v) is 5.91. The van der Waals surface area contributed by atoms with E-state index in [-0.39, 0.29) is 5.91 Å². The highest BCUT2D eigenvalue weighted by Crippen LogP contribution is 2.21. The molecule has 128 valence electrons. The molecular formula is C20H25NO3. The van der Waals surface area contributed by atoms with Crippen LogP contribution < -0.4 is 14.8 Å². The molecule has 0 spiro atoms. The van der Waals surface area contributed by atoms with E-state index < -0.39 is 6.10 Å². The van der Waals surface area contributed by atoms with Crippen LogP contribution in [0.2, 0.25) is 0 Å². The molecule has 0 saturated heterocycles. The monoisotopic (exact) mass is 327 g/mol. The summed E-state index contributed by atoms with van der Waals surface area (Å²) < 4.78 is 11.4. The maximum atomic E-state index is 12.1. The number of hydrogen-bond donors (Lipinski definition) is 1. The summed E-state index contributed by atoms with van der Waals surface area (Å²) in [6.45, 7) is 8.65. The van der Waals surface area contributed by atoms with E-state index in [1.807, 2.05) is 63.2 Å². The third-order valence-corrected chi connectivity index (χ3v) is 3.92. The minimum Gasteiger partial charge on any atom is -0.492 e. The zero-order valence-electron chi connectivity index (χ0n) is 14.8. The second-order valence-electron chi connectivity index (χ2n) is 5.91. The molecule has 2 aromatic carbocycles. The van der Waals surface area contributed by atoms with Crippen molar-refractivity contribution in [1.82, 2.24) is 5.32 Å². The number of hydrogen-bond acceptors (Lipinski definition) is 3. The first-order chi connectivity index (χ1) is 11.5. The van der Waals surface area contributed by atoms with E-state index in [9.17, 15) is 4.79 Å². The van der Waals surface area contributed by atoms with Crippen LogP contribution in [-0.4, -0.2) is 25.2 Å². The van der Waals surface area contributed by atoms with Crippen LogP contribution in [0.3, 0.4) is 0 Å². The number of aryl methyl sites for hydroxylation is 2. The Balaban J connectivity index is 1.75. The number of carbonyl (C=O) groups is 1. The van der Waals surface area contributed by atoms with Gasteiger partial charge in [-0.2, -0.15) is 0 Å². The minimum atomic E-state index is -0.551. The molecule has 4 nitrogen and oxygen atoms in total. The van der Waals surface area contributed by atoms with Gasteiger partial charge in [-0.1, -0.05) is 29.8 Å². The van der Waals surface area contributed by atoms with Crippen LogP contribution in [0, 0.1) is 20.8 Å². The zero-order chi connectivity index (χ0) is 17.5. The van der Waals surface area contributed by atoms with E-state index in [1.165, 1.54) is 5.56 Å². The predicted octanol–water partition coefficient (Wildman–Crippen LogP) is 3.57. The minimum absolute atomic E-state index is 0.150. The summed E-state index contributed by atoms with van der Waals surface area (Å²) in [4.78, 5) is 12.1. The van der Waals surface area contributed by atoms with Gasteiger partial charge in [-0.15, -0.1) is 0 Å². The van der Waals surface area contributed by atoms with E-state index in [2.05, 4.69) is 5.32 Å². The molecule has 0 saturated carbocycles. The molecule has 4 heteroatoms. The molecule has 0 aromatic heterocycles. The Morgan fingerprint density at radius 3 is 2.50 bits per heavy atom. The summed E-state index contributed by atoms with van der Waals surface area (Å²) >= 11 is 0. The van der Waals surface area contributed by atoms with Crippen LogP contribution in [-0.2, 0) is 4.79 Å². The Kier molecular flexibility index (Phi) is 6.24. The molecule has 1 atom stereocenters. The predicted molar refractivity (Wildman–Crippen MR) is 95.7 cm³/mol. The first-order valence-electron chi connectivity index (χ1n) is 8.17. The lowest BCUT2D eigenvalue weighted by molar-refractivity contribution is -0.127. The molecular weight excluding hydrogens is 302 g/mol. The second kappa shape index (κ2) is 8.39. The molecule has 0 fully saturated rings. The first-order valence-corrected chi connectivity index (χ1v) is 8.17. The molecule has 0 aliphatic heterocycles. The molecule has 0 aliphatic carbocycles. The van der Waals surface area contributed by atoms with Crippen LogP contribution >= 0.6 is 0 Å². The Morgan fingerprint density at radius 2 is 1.79 bits per heavy atom. The van der Waals surface area contributed by atoms with Gasteiger partial charge in [0, 0.05) is 0 Å². The standard InChI is InChI=1S/C20H25NO3/c1-14-8-10-18(11-9-14)23-13-12-21-20(22)17(4)24-19-7-5-6-15(2)16(19)3/h5-11,17H,12-13H2,1-4H3,(H,21,22)/t17-/m0/s1. The molecule has 2 aromatic rings. The molecule has 0 unspecified atom stereocenters. The van der Waals surface area contributed by atoms with E-state index in [1.54, 1.807) is 6.92 Å². The number of nitrogens with one attached hydrogen (secondary N) is 1. The largest absolute Gasteiger partial charge is 0.492 e. The molecule has 1 amide bonds. The summed E-state index contributed by atoms with van der Waals surface area (Å²) in [6, 6.07) is 13.7. The van der Waals surface area contributed by atoms with Gasteiger partial charge in [0.1, 0.15) is 18.1 Å². The topological polar surface area (TPSA) is 47.6 Å². The first kappa shape index (κ1) is 17.9. The normalized spacial score (nSPS) is 11.7. The lowest BCUT2D eigenvalue weighted by Crippen LogP contribution is -2.38. The molecule has 0 radical (unpaired) electrons. The maximum absolute atomic E-state index is 12.1. The lowest BCUT2D eigenvalue weighted by Gasteiger charge is -2.17. The van der Waals surface area contributed by atoms with Crippen LogP contribution in [0.5, 0.6) is 11.5 Å². The Bertz CT molecular complexity index is 680. The van der Waals surface area contributed by atoms with Crippen molar-refractivity contribution in [2.45, 2.75) is 33.8 Å². The molecule has 0 bridgehead atoms. The van der Waals surface area contributed by atoms with Crippen molar-refractivity contribution in [3.8, 4) is 11.5 Å². The number of benzene rings is 2. The molecule has 2 rings (SSSR count). The fraction of sp³-hybridized carbons (Fsp3) is 0.350. The van der Waals surface area contributed by atoms with Gasteiger partial charge in [-0.05, 0) is 57.0 Å². The van der Waals surface area contributed by atoms with Crippen molar-refractivity contribution in [3.63, 3.8) is 0 Å². The highest BCUT2D eigenvalue weighted by atomic mass is 16.5. The lowest BCUT2D eigenvalue weighted by atomic mass is 10.1.